The first-order valence-corrected chi connectivity index (χ1v) is 6.81. The van der Waals surface area contributed by atoms with Crippen LogP contribution in [0.4, 0.5) is 4.39 Å². The molecule has 0 spiro atoms. The van der Waals surface area contributed by atoms with E-state index in [0.717, 1.165) is 17.7 Å². The minimum atomic E-state index is -0.332. The summed E-state index contributed by atoms with van der Waals surface area (Å²) in [6.45, 7) is 2.58. The Morgan fingerprint density at radius 3 is 2.63 bits per heavy atom. The van der Waals surface area contributed by atoms with Crippen molar-refractivity contribution < 1.29 is 9.13 Å². The molecule has 2 aromatic carbocycles. The summed E-state index contributed by atoms with van der Waals surface area (Å²) in [6, 6.07) is 10.4. The Hall–Kier alpha value is -1.39. The lowest BCUT2D eigenvalue weighted by Gasteiger charge is -2.10. The molecule has 0 fully saturated rings. The quantitative estimate of drug-likeness (QED) is 0.915. The molecule has 0 radical (unpaired) electrons. The lowest BCUT2D eigenvalue weighted by molar-refractivity contribution is 0.472. The fourth-order valence-electron chi connectivity index (χ4n) is 1.86. The third-order valence-corrected chi connectivity index (χ3v) is 3.19. The van der Waals surface area contributed by atoms with E-state index in [-0.39, 0.29) is 5.82 Å². The molecule has 0 aliphatic rings. The fourth-order valence-corrected chi connectivity index (χ4v) is 2.31. The summed E-state index contributed by atoms with van der Waals surface area (Å²) in [5.41, 5.74) is 7.71. The standard InChI is InChI=1S/C15H15BrFNO/c1-10-6-11(4-5-18)2-3-15(10)19-14-8-12(16)7-13(17)9-14/h2-3,6-9H,4-5,18H2,1H3. The van der Waals surface area contributed by atoms with E-state index in [2.05, 4.69) is 15.9 Å². The molecule has 19 heavy (non-hydrogen) atoms. The monoisotopic (exact) mass is 323 g/mol. The van der Waals surface area contributed by atoms with Crippen LogP contribution in [0.1, 0.15) is 11.1 Å². The molecule has 2 aromatic rings. The number of hydrogen-bond donors (Lipinski definition) is 1. The predicted octanol–water partition coefficient (Wildman–Crippen LogP) is 4.19. The molecular formula is C15H15BrFNO. The largest absolute Gasteiger partial charge is 0.457 e. The van der Waals surface area contributed by atoms with Gasteiger partial charge in [0, 0.05) is 10.5 Å². The molecule has 2 nitrogen and oxygen atoms in total. The molecule has 2 N–H and O–H groups in total. The van der Waals surface area contributed by atoms with Crippen LogP contribution >= 0.6 is 15.9 Å². The third-order valence-electron chi connectivity index (χ3n) is 2.74. The highest BCUT2D eigenvalue weighted by Crippen LogP contribution is 2.28. The second kappa shape index (κ2) is 6.17. The Morgan fingerprint density at radius 1 is 1.21 bits per heavy atom. The molecule has 0 saturated heterocycles. The van der Waals surface area contributed by atoms with Crippen LogP contribution in [-0.2, 0) is 6.42 Å². The highest BCUT2D eigenvalue weighted by molar-refractivity contribution is 9.10. The number of nitrogens with two attached hydrogens (primary N) is 1. The summed E-state index contributed by atoms with van der Waals surface area (Å²) in [4.78, 5) is 0. The van der Waals surface area contributed by atoms with E-state index < -0.39 is 0 Å². The van der Waals surface area contributed by atoms with Gasteiger partial charge in [-0.15, -0.1) is 0 Å². The van der Waals surface area contributed by atoms with Gasteiger partial charge in [-0.3, -0.25) is 0 Å². The van der Waals surface area contributed by atoms with Crippen LogP contribution in [0.3, 0.4) is 0 Å². The molecule has 0 amide bonds. The first-order chi connectivity index (χ1) is 9.08. The topological polar surface area (TPSA) is 35.2 Å². The number of halogens is 2. The Balaban J connectivity index is 2.23. The van der Waals surface area contributed by atoms with Crippen molar-refractivity contribution in [2.75, 3.05) is 6.54 Å². The van der Waals surface area contributed by atoms with Crippen molar-refractivity contribution in [1.82, 2.24) is 0 Å². The number of aryl methyl sites for hydroxylation is 1. The van der Waals surface area contributed by atoms with Gasteiger partial charge in [0.25, 0.3) is 0 Å². The van der Waals surface area contributed by atoms with Gasteiger partial charge in [-0.05, 0) is 49.2 Å². The molecule has 4 heteroatoms. The van der Waals surface area contributed by atoms with E-state index in [9.17, 15) is 4.39 Å². The zero-order chi connectivity index (χ0) is 13.8. The van der Waals surface area contributed by atoms with Gasteiger partial charge in [0.05, 0.1) is 0 Å². The average Bonchev–Trinajstić information content (AvgIpc) is 2.32. The van der Waals surface area contributed by atoms with Crippen molar-refractivity contribution in [3.05, 3.63) is 57.8 Å². The smallest absolute Gasteiger partial charge is 0.131 e. The summed E-state index contributed by atoms with van der Waals surface area (Å²) >= 11 is 3.24. The zero-order valence-electron chi connectivity index (χ0n) is 10.6. The minimum absolute atomic E-state index is 0.332. The van der Waals surface area contributed by atoms with Gasteiger partial charge < -0.3 is 10.5 Å². The number of rotatable bonds is 4. The predicted molar refractivity (Wildman–Crippen MR) is 78.1 cm³/mol. The van der Waals surface area contributed by atoms with Crippen molar-refractivity contribution >= 4 is 15.9 Å². The van der Waals surface area contributed by atoms with Crippen LogP contribution in [0.2, 0.25) is 0 Å². The van der Waals surface area contributed by atoms with Crippen LogP contribution in [-0.4, -0.2) is 6.54 Å². The molecule has 0 heterocycles. The maximum atomic E-state index is 13.3. The SMILES string of the molecule is Cc1cc(CCN)ccc1Oc1cc(F)cc(Br)c1. The van der Waals surface area contributed by atoms with Crippen LogP contribution in [0.15, 0.2) is 40.9 Å². The van der Waals surface area contributed by atoms with Gasteiger partial charge in [0.2, 0.25) is 0 Å². The Bertz CT molecular complexity index is 566. The van der Waals surface area contributed by atoms with Gasteiger partial charge in [-0.2, -0.15) is 0 Å². The second-order valence-electron chi connectivity index (χ2n) is 4.35. The maximum absolute atomic E-state index is 13.3. The lowest BCUT2D eigenvalue weighted by Crippen LogP contribution is -2.02. The summed E-state index contributed by atoms with van der Waals surface area (Å²) in [7, 11) is 0. The van der Waals surface area contributed by atoms with E-state index in [1.165, 1.54) is 17.7 Å². The fraction of sp³-hybridized carbons (Fsp3) is 0.200. The van der Waals surface area contributed by atoms with Gasteiger partial charge in [-0.25, -0.2) is 4.39 Å². The lowest BCUT2D eigenvalue weighted by atomic mass is 10.1. The summed E-state index contributed by atoms with van der Waals surface area (Å²) in [5, 5.41) is 0. The molecule has 0 aliphatic carbocycles. The van der Waals surface area contributed by atoms with Crippen molar-refractivity contribution in [2.24, 2.45) is 5.73 Å². The van der Waals surface area contributed by atoms with Gasteiger partial charge >= 0.3 is 0 Å². The molecule has 0 unspecified atom stereocenters. The summed E-state index contributed by atoms with van der Waals surface area (Å²) < 4.78 is 19.6. The second-order valence-corrected chi connectivity index (χ2v) is 5.26. The normalized spacial score (nSPS) is 10.5. The summed E-state index contributed by atoms with van der Waals surface area (Å²) in [5.74, 6) is 0.863. The van der Waals surface area contributed by atoms with E-state index in [0.29, 0.717) is 16.8 Å². The Kier molecular flexibility index (Phi) is 4.56. The Labute approximate surface area is 120 Å². The molecule has 0 aromatic heterocycles. The van der Waals surface area contributed by atoms with Crippen LogP contribution in [0.5, 0.6) is 11.5 Å². The molecule has 100 valence electrons. The van der Waals surface area contributed by atoms with Crippen LogP contribution in [0, 0.1) is 12.7 Å². The van der Waals surface area contributed by atoms with Crippen LogP contribution in [0.25, 0.3) is 0 Å². The van der Waals surface area contributed by atoms with Gasteiger partial charge in [0.15, 0.2) is 0 Å². The number of benzene rings is 2. The van der Waals surface area contributed by atoms with Crippen molar-refractivity contribution in [3.63, 3.8) is 0 Å². The number of ether oxygens (including phenoxy) is 1. The molecule has 0 saturated carbocycles. The zero-order valence-corrected chi connectivity index (χ0v) is 12.2. The Morgan fingerprint density at radius 2 is 2.00 bits per heavy atom. The van der Waals surface area contributed by atoms with Crippen molar-refractivity contribution in [2.45, 2.75) is 13.3 Å². The van der Waals surface area contributed by atoms with E-state index in [1.54, 1.807) is 6.07 Å². The first kappa shape index (κ1) is 14.0. The van der Waals surface area contributed by atoms with Gasteiger partial charge in [0.1, 0.15) is 17.3 Å². The van der Waals surface area contributed by atoms with E-state index in [4.69, 9.17) is 10.5 Å². The summed E-state index contributed by atoms with van der Waals surface area (Å²) in [6.07, 6.45) is 0.840. The molecule has 0 bridgehead atoms. The maximum Gasteiger partial charge on any atom is 0.131 e. The van der Waals surface area contributed by atoms with Crippen molar-refractivity contribution in [1.29, 1.82) is 0 Å². The molecule has 2 rings (SSSR count). The number of hydrogen-bond acceptors (Lipinski definition) is 2. The molecule has 0 atom stereocenters. The molecular weight excluding hydrogens is 309 g/mol. The van der Waals surface area contributed by atoms with Crippen LogP contribution < -0.4 is 10.5 Å². The molecule has 0 aliphatic heterocycles. The first-order valence-electron chi connectivity index (χ1n) is 6.02. The minimum Gasteiger partial charge on any atom is -0.457 e. The van der Waals surface area contributed by atoms with E-state index in [1.807, 2.05) is 25.1 Å². The average molecular weight is 324 g/mol. The van der Waals surface area contributed by atoms with Crippen molar-refractivity contribution in [3.8, 4) is 11.5 Å². The highest BCUT2D eigenvalue weighted by Gasteiger charge is 2.05. The van der Waals surface area contributed by atoms with Gasteiger partial charge in [-0.1, -0.05) is 28.1 Å². The highest BCUT2D eigenvalue weighted by atomic mass is 79.9. The van der Waals surface area contributed by atoms with E-state index >= 15 is 0 Å². The third kappa shape index (κ3) is 3.78.